The van der Waals surface area contributed by atoms with Crippen molar-refractivity contribution in [1.29, 1.82) is 0 Å². The predicted octanol–water partition coefficient (Wildman–Crippen LogP) is 0.746. The molecule has 0 atom stereocenters. The van der Waals surface area contributed by atoms with Gasteiger partial charge in [-0.3, -0.25) is 9.69 Å². The van der Waals surface area contributed by atoms with Crippen LogP contribution in [0.15, 0.2) is 42.2 Å². The summed E-state index contributed by atoms with van der Waals surface area (Å²) in [5.41, 5.74) is 0.784. The molecule has 0 saturated carbocycles. The lowest BCUT2D eigenvalue weighted by Gasteiger charge is -2.27. The number of benzene rings is 1. The monoisotopic (exact) mass is 246 g/mol. The van der Waals surface area contributed by atoms with Gasteiger partial charge in [-0.25, -0.2) is 4.79 Å². The fourth-order valence-electron chi connectivity index (χ4n) is 1.76. The lowest BCUT2D eigenvalue weighted by atomic mass is 10.2. The first-order chi connectivity index (χ1) is 8.74. The number of carbonyl (C=O) groups is 2. The van der Waals surface area contributed by atoms with Gasteiger partial charge in [0, 0.05) is 24.9 Å². The molecule has 5 nitrogen and oxygen atoms in total. The molecule has 0 aliphatic carbocycles. The second-order valence-electron chi connectivity index (χ2n) is 3.80. The Morgan fingerprint density at radius 3 is 2.67 bits per heavy atom. The lowest BCUT2D eigenvalue weighted by molar-refractivity contribution is -0.137. The van der Waals surface area contributed by atoms with Gasteiger partial charge < -0.3 is 10.1 Å². The van der Waals surface area contributed by atoms with Gasteiger partial charge in [0.15, 0.2) is 0 Å². The molecular formula is C13H14N2O3. The molecule has 18 heavy (non-hydrogen) atoms. The van der Waals surface area contributed by atoms with Crippen molar-refractivity contribution in [1.82, 2.24) is 10.2 Å². The van der Waals surface area contributed by atoms with Crippen LogP contribution < -0.4 is 5.32 Å². The molecule has 1 amide bonds. The smallest absolute Gasteiger partial charge is 0.356 e. The highest BCUT2D eigenvalue weighted by Gasteiger charge is 2.26. The Labute approximate surface area is 105 Å². The minimum atomic E-state index is -0.522. The van der Waals surface area contributed by atoms with E-state index < -0.39 is 5.97 Å². The third-order valence-electron chi connectivity index (χ3n) is 2.67. The molecule has 2 rings (SSSR count). The third kappa shape index (κ3) is 2.34. The summed E-state index contributed by atoms with van der Waals surface area (Å²) in [5.74, 6) is -0.722. The summed E-state index contributed by atoms with van der Waals surface area (Å²) in [6.07, 6.45) is 1.51. The molecule has 0 aromatic heterocycles. The Balaban J connectivity index is 2.26. The third-order valence-corrected chi connectivity index (χ3v) is 2.67. The minimum absolute atomic E-state index is 0.200. The first kappa shape index (κ1) is 12.2. The second-order valence-corrected chi connectivity index (χ2v) is 3.80. The zero-order valence-corrected chi connectivity index (χ0v) is 10.1. The van der Waals surface area contributed by atoms with Crippen molar-refractivity contribution < 1.29 is 14.3 Å². The highest BCUT2D eigenvalue weighted by atomic mass is 16.5. The van der Waals surface area contributed by atoms with Gasteiger partial charge in [0.25, 0.3) is 5.91 Å². The molecular weight excluding hydrogens is 232 g/mol. The highest BCUT2D eigenvalue weighted by molar-refractivity contribution is 6.01. The number of rotatable bonds is 2. The van der Waals surface area contributed by atoms with Gasteiger partial charge in [0.05, 0.1) is 7.11 Å². The van der Waals surface area contributed by atoms with Crippen LogP contribution >= 0.6 is 0 Å². The number of carbonyl (C=O) groups excluding carboxylic acids is 2. The number of esters is 1. The van der Waals surface area contributed by atoms with Crippen molar-refractivity contribution in [3.63, 3.8) is 0 Å². The zero-order valence-electron chi connectivity index (χ0n) is 10.1. The number of methoxy groups -OCH3 is 1. The van der Waals surface area contributed by atoms with Crippen LogP contribution in [0.3, 0.4) is 0 Å². The minimum Gasteiger partial charge on any atom is -0.464 e. The number of hydrogen-bond acceptors (Lipinski definition) is 4. The van der Waals surface area contributed by atoms with Crippen LogP contribution in [0.5, 0.6) is 0 Å². The summed E-state index contributed by atoms with van der Waals surface area (Å²) in [6, 6.07) is 8.86. The molecule has 94 valence electrons. The van der Waals surface area contributed by atoms with Crippen LogP contribution in [0.2, 0.25) is 0 Å². The zero-order chi connectivity index (χ0) is 13.0. The molecule has 0 bridgehead atoms. The molecule has 1 aromatic rings. The van der Waals surface area contributed by atoms with Crippen molar-refractivity contribution in [3.8, 4) is 0 Å². The van der Waals surface area contributed by atoms with Gasteiger partial charge in [-0.05, 0) is 12.1 Å². The Morgan fingerprint density at radius 2 is 2.00 bits per heavy atom. The van der Waals surface area contributed by atoms with E-state index in [1.54, 1.807) is 24.3 Å². The van der Waals surface area contributed by atoms with Gasteiger partial charge in [0.1, 0.15) is 5.70 Å². The number of ether oxygens (including phenoxy) is 1. The summed E-state index contributed by atoms with van der Waals surface area (Å²) in [7, 11) is 1.29. The molecule has 1 heterocycles. The van der Waals surface area contributed by atoms with E-state index >= 15 is 0 Å². The maximum atomic E-state index is 12.3. The molecule has 1 aromatic carbocycles. The molecule has 0 saturated heterocycles. The topological polar surface area (TPSA) is 58.6 Å². The average molecular weight is 246 g/mol. The Hall–Kier alpha value is -2.30. The number of nitrogens with zero attached hydrogens (tertiary/aromatic N) is 1. The quantitative estimate of drug-likeness (QED) is 0.782. The van der Waals surface area contributed by atoms with Crippen LogP contribution in [0, 0.1) is 0 Å². The van der Waals surface area contributed by atoms with Crippen molar-refractivity contribution in [2.24, 2.45) is 0 Å². The highest BCUT2D eigenvalue weighted by Crippen LogP contribution is 2.13. The van der Waals surface area contributed by atoms with Crippen LogP contribution in [0.1, 0.15) is 10.4 Å². The van der Waals surface area contributed by atoms with E-state index in [9.17, 15) is 9.59 Å². The summed E-state index contributed by atoms with van der Waals surface area (Å²) in [4.78, 5) is 25.3. The van der Waals surface area contributed by atoms with Crippen LogP contribution in [-0.2, 0) is 9.53 Å². The predicted molar refractivity (Wildman–Crippen MR) is 65.6 cm³/mol. The first-order valence-corrected chi connectivity index (χ1v) is 5.63. The molecule has 1 aliphatic rings. The van der Waals surface area contributed by atoms with Crippen LogP contribution in [0.25, 0.3) is 0 Å². The van der Waals surface area contributed by atoms with Gasteiger partial charge in [-0.15, -0.1) is 0 Å². The van der Waals surface area contributed by atoms with Crippen molar-refractivity contribution in [2.45, 2.75) is 0 Å². The summed E-state index contributed by atoms with van der Waals surface area (Å²) < 4.78 is 4.66. The summed E-state index contributed by atoms with van der Waals surface area (Å²) in [5, 5.41) is 2.93. The molecule has 0 spiro atoms. The van der Waals surface area contributed by atoms with E-state index in [-0.39, 0.29) is 11.6 Å². The SMILES string of the molecule is COC(=O)C1=CNCCN1C(=O)c1ccccc1. The van der Waals surface area contributed by atoms with Crippen molar-refractivity contribution in [3.05, 3.63) is 47.8 Å². The van der Waals surface area contributed by atoms with E-state index in [1.165, 1.54) is 18.2 Å². The van der Waals surface area contributed by atoms with E-state index in [2.05, 4.69) is 10.1 Å². The fraction of sp³-hybridized carbons (Fsp3) is 0.231. The first-order valence-electron chi connectivity index (χ1n) is 5.63. The number of hydrogen-bond donors (Lipinski definition) is 1. The van der Waals surface area contributed by atoms with Gasteiger partial charge in [-0.2, -0.15) is 0 Å². The Bertz CT molecular complexity index is 482. The molecule has 1 N–H and O–H groups in total. The largest absolute Gasteiger partial charge is 0.464 e. The summed E-state index contributed by atoms with van der Waals surface area (Å²) in [6.45, 7) is 1.05. The van der Waals surface area contributed by atoms with Gasteiger partial charge in [0.2, 0.25) is 0 Å². The van der Waals surface area contributed by atoms with Crippen molar-refractivity contribution in [2.75, 3.05) is 20.2 Å². The van der Waals surface area contributed by atoms with Crippen LogP contribution in [-0.4, -0.2) is 37.0 Å². The van der Waals surface area contributed by atoms with E-state index in [0.29, 0.717) is 18.7 Å². The van der Waals surface area contributed by atoms with E-state index in [1.807, 2.05) is 6.07 Å². The summed E-state index contributed by atoms with van der Waals surface area (Å²) >= 11 is 0. The molecule has 1 aliphatic heterocycles. The fourth-order valence-corrected chi connectivity index (χ4v) is 1.76. The normalized spacial score (nSPS) is 14.5. The van der Waals surface area contributed by atoms with Gasteiger partial charge >= 0.3 is 5.97 Å². The molecule has 0 fully saturated rings. The van der Waals surface area contributed by atoms with Crippen molar-refractivity contribution >= 4 is 11.9 Å². The van der Waals surface area contributed by atoms with Crippen LogP contribution in [0.4, 0.5) is 0 Å². The lowest BCUT2D eigenvalue weighted by Crippen LogP contribution is -2.42. The van der Waals surface area contributed by atoms with Gasteiger partial charge in [-0.1, -0.05) is 18.2 Å². The molecule has 0 unspecified atom stereocenters. The maximum absolute atomic E-state index is 12.3. The Kier molecular flexibility index (Phi) is 3.62. The molecule has 0 radical (unpaired) electrons. The standard InChI is InChI=1S/C13H14N2O3/c1-18-13(17)11-9-14-7-8-15(11)12(16)10-5-3-2-4-6-10/h2-6,9,14H,7-8H2,1H3. The molecule has 5 heteroatoms. The number of amides is 1. The second kappa shape index (κ2) is 5.35. The van der Waals surface area contributed by atoms with E-state index in [0.717, 1.165) is 0 Å². The maximum Gasteiger partial charge on any atom is 0.356 e. The van der Waals surface area contributed by atoms with E-state index in [4.69, 9.17) is 0 Å². The average Bonchev–Trinajstić information content (AvgIpc) is 2.46. The number of nitrogens with one attached hydrogen (secondary N) is 1. The Morgan fingerprint density at radius 1 is 1.28 bits per heavy atom.